The van der Waals surface area contributed by atoms with Crippen LogP contribution in [0.15, 0.2) is 24.3 Å². The van der Waals surface area contributed by atoms with E-state index in [1.807, 2.05) is 18.7 Å². The molecule has 2 rings (SSSR count). The van der Waals surface area contributed by atoms with Crippen molar-refractivity contribution in [3.05, 3.63) is 29.8 Å². The maximum Gasteiger partial charge on any atom is 0.222 e. The van der Waals surface area contributed by atoms with Crippen molar-refractivity contribution in [3.8, 4) is 5.75 Å². The van der Waals surface area contributed by atoms with Crippen molar-refractivity contribution in [2.75, 3.05) is 20.2 Å². The third kappa shape index (κ3) is 4.09. The van der Waals surface area contributed by atoms with Crippen LogP contribution in [-0.4, -0.2) is 36.8 Å². The van der Waals surface area contributed by atoms with E-state index in [1.165, 1.54) is 0 Å². The molecule has 1 aliphatic heterocycles. The zero-order valence-corrected chi connectivity index (χ0v) is 13.7. The van der Waals surface area contributed by atoms with Gasteiger partial charge in [-0.05, 0) is 43.0 Å². The molecule has 22 heavy (non-hydrogen) atoms. The third-order valence-corrected chi connectivity index (χ3v) is 4.10. The highest BCUT2D eigenvalue weighted by Crippen LogP contribution is 2.23. The molecule has 1 unspecified atom stereocenters. The molecule has 1 heterocycles. The van der Waals surface area contributed by atoms with Crippen molar-refractivity contribution >= 4 is 11.7 Å². The maximum atomic E-state index is 12.6. The van der Waals surface area contributed by atoms with Crippen LogP contribution in [0.3, 0.4) is 0 Å². The van der Waals surface area contributed by atoms with Crippen LogP contribution < -0.4 is 4.74 Å². The Morgan fingerprint density at radius 3 is 2.55 bits per heavy atom. The Hall–Kier alpha value is -1.84. The van der Waals surface area contributed by atoms with E-state index in [2.05, 4.69) is 0 Å². The molecule has 0 N–H and O–H groups in total. The summed E-state index contributed by atoms with van der Waals surface area (Å²) in [6.07, 6.45) is 2.32. The second kappa shape index (κ2) is 7.43. The van der Waals surface area contributed by atoms with Gasteiger partial charge in [0.05, 0.1) is 7.11 Å². The summed E-state index contributed by atoms with van der Waals surface area (Å²) in [5.41, 5.74) is 0.698. The first-order valence-electron chi connectivity index (χ1n) is 7.97. The van der Waals surface area contributed by atoms with E-state index >= 15 is 0 Å². The smallest absolute Gasteiger partial charge is 0.222 e. The fourth-order valence-electron chi connectivity index (χ4n) is 2.89. The Labute approximate surface area is 132 Å². The van der Waals surface area contributed by atoms with Crippen LogP contribution >= 0.6 is 0 Å². The minimum absolute atomic E-state index is 0.0849. The topological polar surface area (TPSA) is 46.6 Å². The molecular formula is C18H25NO3. The summed E-state index contributed by atoms with van der Waals surface area (Å²) in [6.45, 7) is 5.41. The minimum Gasteiger partial charge on any atom is -0.497 e. The predicted molar refractivity (Wildman–Crippen MR) is 86.1 cm³/mol. The first-order chi connectivity index (χ1) is 10.5. The standard InChI is InChI=1S/C18H25NO3/c1-13(2)11-17(20)19-10-4-5-15(12-19)18(21)14-6-8-16(22-3)9-7-14/h6-9,13,15H,4-5,10-12H2,1-3H3. The number of hydrogen-bond donors (Lipinski definition) is 0. The molecule has 1 aliphatic rings. The number of nitrogens with zero attached hydrogens (tertiary/aromatic N) is 1. The molecule has 0 bridgehead atoms. The number of ether oxygens (including phenoxy) is 1. The van der Waals surface area contributed by atoms with E-state index in [0.717, 1.165) is 25.1 Å². The molecule has 0 aliphatic carbocycles. The van der Waals surface area contributed by atoms with E-state index in [9.17, 15) is 9.59 Å². The number of Topliss-reactive ketones (excluding diaryl/α,β-unsaturated/α-hetero) is 1. The van der Waals surface area contributed by atoms with Crippen molar-refractivity contribution in [2.24, 2.45) is 11.8 Å². The lowest BCUT2D eigenvalue weighted by atomic mass is 9.89. The van der Waals surface area contributed by atoms with Gasteiger partial charge in [-0.15, -0.1) is 0 Å². The Morgan fingerprint density at radius 1 is 1.27 bits per heavy atom. The summed E-state index contributed by atoms with van der Waals surface area (Å²) in [5, 5.41) is 0. The van der Waals surface area contributed by atoms with Crippen molar-refractivity contribution in [2.45, 2.75) is 33.1 Å². The quantitative estimate of drug-likeness (QED) is 0.785. The van der Waals surface area contributed by atoms with Crippen LogP contribution in [0.5, 0.6) is 5.75 Å². The minimum atomic E-state index is -0.0849. The Morgan fingerprint density at radius 2 is 1.95 bits per heavy atom. The lowest BCUT2D eigenvalue weighted by Gasteiger charge is -2.32. The maximum absolute atomic E-state index is 12.6. The number of piperidine rings is 1. The van der Waals surface area contributed by atoms with E-state index in [1.54, 1.807) is 31.4 Å². The van der Waals surface area contributed by atoms with Crippen molar-refractivity contribution in [3.63, 3.8) is 0 Å². The number of rotatable bonds is 5. The van der Waals surface area contributed by atoms with E-state index in [0.29, 0.717) is 24.4 Å². The molecular weight excluding hydrogens is 278 g/mol. The number of carbonyl (C=O) groups is 2. The monoisotopic (exact) mass is 303 g/mol. The highest BCUT2D eigenvalue weighted by molar-refractivity contribution is 5.98. The molecule has 1 fully saturated rings. The normalized spacial score (nSPS) is 18.4. The van der Waals surface area contributed by atoms with Crippen LogP contribution in [0.25, 0.3) is 0 Å². The Kier molecular flexibility index (Phi) is 5.58. The van der Waals surface area contributed by atoms with Crippen LogP contribution in [0.1, 0.15) is 43.5 Å². The fourth-order valence-corrected chi connectivity index (χ4v) is 2.89. The highest BCUT2D eigenvalue weighted by atomic mass is 16.5. The molecule has 0 spiro atoms. The number of methoxy groups -OCH3 is 1. The van der Waals surface area contributed by atoms with E-state index in [-0.39, 0.29) is 17.6 Å². The van der Waals surface area contributed by atoms with Gasteiger partial charge in [0.15, 0.2) is 5.78 Å². The molecule has 1 aromatic carbocycles. The van der Waals surface area contributed by atoms with Gasteiger partial charge >= 0.3 is 0 Å². The number of hydrogen-bond acceptors (Lipinski definition) is 3. The molecule has 0 radical (unpaired) electrons. The highest BCUT2D eigenvalue weighted by Gasteiger charge is 2.29. The largest absolute Gasteiger partial charge is 0.497 e. The summed E-state index contributed by atoms with van der Waals surface area (Å²) < 4.78 is 5.12. The van der Waals surface area contributed by atoms with Gasteiger partial charge < -0.3 is 9.64 Å². The predicted octanol–water partition coefficient (Wildman–Crippen LogP) is 3.16. The SMILES string of the molecule is COc1ccc(C(=O)C2CCCN(C(=O)CC(C)C)C2)cc1. The molecule has 0 aromatic heterocycles. The number of carbonyl (C=O) groups excluding carboxylic acids is 2. The van der Waals surface area contributed by atoms with Gasteiger partial charge in [0.1, 0.15) is 5.75 Å². The summed E-state index contributed by atoms with van der Waals surface area (Å²) in [5.74, 6) is 1.31. The summed E-state index contributed by atoms with van der Waals surface area (Å²) in [6, 6.07) is 7.21. The molecule has 120 valence electrons. The van der Waals surface area contributed by atoms with Gasteiger partial charge in [0, 0.05) is 31.0 Å². The molecule has 0 saturated carbocycles. The average Bonchev–Trinajstić information content (AvgIpc) is 2.54. The average molecular weight is 303 g/mol. The first-order valence-corrected chi connectivity index (χ1v) is 7.97. The molecule has 4 nitrogen and oxygen atoms in total. The van der Waals surface area contributed by atoms with E-state index < -0.39 is 0 Å². The third-order valence-electron chi connectivity index (χ3n) is 4.10. The lowest BCUT2D eigenvalue weighted by Crippen LogP contribution is -2.42. The van der Waals surface area contributed by atoms with Crippen molar-refractivity contribution in [1.82, 2.24) is 4.90 Å². The van der Waals surface area contributed by atoms with Gasteiger partial charge in [-0.3, -0.25) is 9.59 Å². The van der Waals surface area contributed by atoms with Gasteiger partial charge in [-0.25, -0.2) is 0 Å². The van der Waals surface area contributed by atoms with Gasteiger partial charge in [0.2, 0.25) is 5.91 Å². The van der Waals surface area contributed by atoms with Crippen LogP contribution in [-0.2, 0) is 4.79 Å². The molecule has 1 saturated heterocycles. The lowest BCUT2D eigenvalue weighted by molar-refractivity contribution is -0.133. The van der Waals surface area contributed by atoms with Crippen molar-refractivity contribution < 1.29 is 14.3 Å². The number of amides is 1. The zero-order valence-electron chi connectivity index (χ0n) is 13.7. The van der Waals surface area contributed by atoms with Crippen LogP contribution in [0.2, 0.25) is 0 Å². The molecule has 1 amide bonds. The summed E-state index contributed by atoms with van der Waals surface area (Å²) in [4.78, 5) is 26.7. The van der Waals surface area contributed by atoms with Crippen LogP contribution in [0.4, 0.5) is 0 Å². The fraction of sp³-hybridized carbons (Fsp3) is 0.556. The zero-order chi connectivity index (χ0) is 16.1. The summed E-state index contributed by atoms with van der Waals surface area (Å²) >= 11 is 0. The molecule has 4 heteroatoms. The Bertz CT molecular complexity index is 522. The van der Waals surface area contributed by atoms with Crippen molar-refractivity contribution in [1.29, 1.82) is 0 Å². The van der Waals surface area contributed by atoms with Gasteiger partial charge in [0.25, 0.3) is 0 Å². The molecule has 1 aromatic rings. The number of benzene rings is 1. The molecule has 1 atom stereocenters. The first kappa shape index (κ1) is 16.5. The second-order valence-electron chi connectivity index (χ2n) is 6.37. The van der Waals surface area contributed by atoms with Gasteiger partial charge in [-0.1, -0.05) is 13.8 Å². The van der Waals surface area contributed by atoms with Crippen LogP contribution in [0, 0.1) is 11.8 Å². The Balaban J connectivity index is 2.01. The van der Waals surface area contributed by atoms with Gasteiger partial charge in [-0.2, -0.15) is 0 Å². The number of likely N-dealkylation sites (tertiary alicyclic amines) is 1. The summed E-state index contributed by atoms with van der Waals surface area (Å²) in [7, 11) is 1.61. The second-order valence-corrected chi connectivity index (χ2v) is 6.37. The number of ketones is 1. The van der Waals surface area contributed by atoms with E-state index in [4.69, 9.17) is 4.74 Å².